The molecule has 0 saturated heterocycles. The lowest BCUT2D eigenvalue weighted by Crippen LogP contribution is -1.94. The van der Waals surface area contributed by atoms with Gasteiger partial charge in [0.2, 0.25) is 0 Å². The topological polar surface area (TPSA) is 52.4 Å². The van der Waals surface area contributed by atoms with Crippen molar-refractivity contribution in [1.82, 2.24) is 0 Å². The zero-order valence-electron chi connectivity index (χ0n) is 10.2. The highest BCUT2D eigenvalue weighted by Gasteiger charge is 2.15. The molecule has 2 rings (SSSR count). The summed E-state index contributed by atoms with van der Waals surface area (Å²) in [6, 6.07) is 7.16. The standard InChI is InChI=1S/C13H8Br2FNO3/c1-7-4-13(10(15)6-12(7)17(18)19)20-8-2-3-11(16)9(14)5-8/h2-6H,1H3. The van der Waals surface area contributed by atoms with Crippen molar-refractivity contribution in [3.05, 3.63) is 60.8 Å². The molecule has 0 atom stereocenters. The van der Waals surface area contributed by atoms with E-state index in [-0.39, 0.29) is 10.2 Å². The van der Waals surface area contributed by atoms with Gasteiger partial charge in [0.1, 0.15) is 17.3 Å². The van der Waals surface area contributed by atoms with E-state index < -0.39 is 10.7 Å². The van der Waals surface area contributed by atoms with Crippen LogP contribution in [0.2, 0.25) is 0 Å². The quantitative estimate of drug-likeness (QED) is 0.511. The minimum absolute atomic E-state index is 0.00418. The van der Waals surface area contributed by atoms with Crippen LogP contribution in [-0.4, -0.2) is 4.92 Å². The van der Waals surface area contributed by atoms with Crippen LogP contribution in [0, 0.1) is 22.9 Å². The van der Waals surface area contributed by atoms with E-state index >= 15 is 0 Å². The number of aryl methyl sites for hydroxylation is 1. The lowest BCUT2D eigenvalue weighted by Gasteiger charge is -2.09. The molecular formula is C13H8Br2FNO3. The van der Waals surface area contributed by atoms with Crippen molar-refractivity contribution in [3.63, 3.8) is 0 Å². The summed E-state index contributed by atoms with van der Waals surface area (Å²) in [4.78, 5) is 10.4. The molecule has 0 unspecified atom stereocenters. The Balaban J connectivity index is 2.36. The SMILES string of the molecule is Cc1cc(Oc2ccc(F)c(Br)c2)c(Br)cc1[N+](=O)[O-]. The maximum Gasteiger partial charge on any atom is 0.273 e. The first-order valence-corrected chi connectivity index (χ1v) is 7.04. The average molecular weight is 405 g/mol. The van der Waals surface area contributed by atoms with Crippen molar-refractivity contribution in [2.75, 3.05) is 0 Å². The number of hydrogen-bond acceptors (Lipinski definition) is 3. The number of nitro groups is 1. The van der Waals surface area contributed by atoms with Crippen LogP contribution in [0.15, 0.2) is 39.3 Å². The number of ether oxygens (including phenoxy) is 1. The summed E-state index contributed by atoms with van der Waals surface area (Å²) in [7, 11) is 0. The number of hydrogen-bond donors (Lipinski definition) is 0. The van der Waals surface area contributed by atoms with Gasteiger partial charge in [0.15, 0.2) is 0 Å². The second kappa shape index (κ2) is 5.88. The minimum Gasteiger partial charge on any atom is -0.456 e. The molecule has 0 aliphatic rings. The number of rotatable bonds is 3. The molecule has 0 aliphatic carbocycles. The molecule has 0 bridgehead atoms. The van der Waals surface area contributed by atoms with Gasteiger partial charge in [0.05, 0.1) is 13.9 Å². The van der Waals surface area contributed by atoms with Gasteiger partial charge in [-0.15, -0.1) is 0 Å². The Morgan fingerprint density at radius 1 is 1.20 bits per heavy atom. The molecule has 20 heavy (non-hydrogen) atoms. The Bertz CT molecular complexity index is 692. The number of nitro benzene ring substituents is 1. The van der Waals surface area contributed by atoms with E-state index in [1.165, 1.54) is 24.3 Å². The maximum absolute atomic E-state index is 13.1. The first-order valence-electron chi connectivity index (χ1n) is 5.46. The molecule has 2 aromatic carbocycles. The van der Waals surface area contributed by atoms with Crippen LogP contribution in [0.1, 0.15) is 5.56 Å². The Hall–Kier alpha value is -1.47. The van der Waals surface area contributed by atoms with Gasteiger partial charge >= 0.3 is 0 Å². The van der Waals surface area contributed by atoms with Gasteiger partial charge in [-0.25, -0.2) is 4.39 Å². The molecule has 0 N–H and O–H groups in total. The molecule has 0 radical (unpaired) electrons. The van der Waals surface area contributed by atoms with Crippen LogP contribution in [0.3, 0.4) is 0 Å². The van der Waals surface area contributed by atoms with Gasteiger partial charge in [-0.05, 0) is 63.0 Å². The van der Waals surface area contributed by atoms with E-state index in [4.69, 9.17) is 4.74 Å². The number of benzene rings is 2. The van der Waals surface area contributed by atoms with Gasteiger partial charge in [0.25, 0.3) is 5.69 Å². The van der Waals surface area contributed by atoms with Gasteiger partial charge in [-0.3, -0.25) is 10.1 Å². The molecule has 0 aliphatic heterocycles. The van der Waals surface area contributed by atoms with E-state index in [9.17, 15) is 14.5 Å². The average Bonchev–Trinajstić information content (AvgIpc) is 2.37. The fourth-order valence-corrected chi connectivity index (χ4v) is 2.36. The fraction of sp³-hybridized carbons (Fsp3) is 0.0769. The van der Waals surface area contributed by atoms with Gasteiger partial charge < -0.3 is 4.74 Å². The number of nitrogens with zero attached hydrogens (tertiary/aromatic N) is 1. The summed E-state index contributed by atoms with van der Waals surface area (Å²) in [6.07, 6.45) is 0. The van der Waals surface area contributed by atoms with Crippen LogP contribution in [-0.2, 0) is 0 Å². The molecule has 0 fully saturated rings. The molecular weight excluding hydrogens is 397 g/mol. The van der Waals surface area contributed by atoms with Crippen molar-refractivity contribution in [2.45, 2.75) is 6.92 Å². The van der Waals surface area contributed by atoms with Crippen LogP contribution in [0.25, 0.3) is 0 Å². The maximum atomic E-state index is 13.1. The zero-order chi connectivity index (χ0) is 14.9. The van der Waals surface area contributed by atoms with E-state index in [1.807, 2.05) is 0 Å². The first-order chi connectivity index (χ1) is 9.38. The van der Waals surface area contributed by atoms with E-state index in [0.717, 1.165) is 0 Å². The fourth-order valence-electron chi connectivity index (χ4n) is 1.59. The van der Waals surface area contributed by atoms with E-state index in [0.29, 0.717) is 21.5 Å². The van der Waals surface area contributed by atoms with E-state index in [2.05, 4.69) is 31.9 Å². The third kappa shape index (κ3) is 3.16. The lowest BCUT2D eigenvalue weighted by molar-refractivity contribution is -0.385. The van der Waals surface area contributed by atoms with Crippen LogP contribution in [0.4, 0.5) is 10.1 Å². The summed E-state index contributed by atoms with van der Waals surface area (Å²) >= 11 is 6.29. The Kier molecular flexibility index (Phi) is 4.39. The molecule has 2 aromatic rings. The second-order valence-corrected chi connectivity index (χ2v) is 5.71. The van der Waals surface area contributed by atoms with E-state index in [1.54, 1.807) is 13.0 Å². The third-order valence-corrected chi connectivity index (χ3v) is 3.79. The summed E-state index contributed by atoms with van der Waals surface area (Å²) in [5.74, 6) is 0.454. The molecule has 7 heteroatoms. The smallest absolute Gasteiger partial charge is 0.273 e. The van der Waals surface area contributed by atoms with Crippen LogP contribution < -0.4 is 4.74 Å². The highest BCUT2D eigenvalue weighted by Crippen LogP contribution is 2.36. The molecule has 0 amide bonds. The minimum atomic E-state index is -0.460. The van der Waals surface area contributed by atoms with Crippen molar-refractivity contribution in [1.29, 1.82) is 0 Å². The third-order valence-electron chi connectivity index (χ3n) is 2.57. The Labute approximate surface area is 131 Å². The number of halogens is 3. The predicted molar refractivity (Wildman–Crippen MR) is 79.7 cm³/mol. The van der Waals surface area contributed by atoms with Crippen molar-refractivity contribution in [2.24, 2.45) is 0 Å². The normalized spacial score (nSPS) is 10.4. The Morgan fingerprint density at radius 3 is 2.50 bits per heavy atom. The zero-order valence-corrected chi connectivity index (χ0v) is 13.4. The summed E-state index contributed by atoms with van der Waals surface area (Å²) in [5, 5.41) is 10.8. The van der Waals surface area contributed by atoms with Crippen molar-refractivity contribution >= 4 is 37.5 Å². The first kappa shape index (κ1) is 14.9. The lowest BCUT2D eigenvalue weighted by atomic mass is 10.2. The molecule has 0 saturated carbocycles. The largest absolute Gasteiger partial charge is 0.456 e. The highest BCUT2D eigenvalue weighted by atomic mass is 79.9. The van der Waals surface area contributed by atoms with Crippen LogP contribution in [0.5, 0.6) is 11.5 Å². The molecule has 0 heterocycles. The molecule has 0 aromatic heterocycles. The summed E-state index contributed by atoms with van der Waals surface area (Å²) in [5.41, 5.74) is 0.485. The second-order valence-electron chi connectivity index (χ2n) is 4.00. The molecule has 4 nitrogen and oxygen atoms in total. The molecule has 104 valence electrons. The van der Waals surface area contributed by atoms with Crippen molar-refractivity contribution in [3.8, 4) is 11.5 Å². The van der Waals surface area contributed by atoms with Gasteiger partial charge in [-0.1, -0.05) is 0 Å². The Morgan fingerprint density at radius 2 is 1.90 bits per heavy atom. The van der Waals surface area contributed by atoms with Gasteiger partial charge in [0, 0.05) is 11.6 Å². The van der Waals surface area contributed by atoms with Crippen molar-refractivity contribution < 1.29 is 14.1 Å². The monoisotopic (exact) mass is 403 g/mol. The summed E-state index contributed by atoms with van der Waals surface area (Å²) < 4.78 is 19.5. The van der Waals surface area contributed by atoms with Crippen LogP contribution >= 0.6 is 31.9 Å². The highest BCUT2D eigenvalue weighted by molar-refractivity contribution is 9.10. The predicted octanol–water partition coefficient (Wildman–Crippen LogP) is 5.36. The summed E-state index contributed by atoms with van der Waals surface area (Å²) in [6.45, 7) is 1.62. The molecule has 0 spiro atoms. The van der Waals surface area contributed by atoms with Gasteiger partial charge in [-0.2, -0.15) is 0 Å².